The van der Waals surface area contributed by atoms with Crippen molar-refractivity contribution in [1.82, 2.24) is 9.15 Å². The molecule has 5 rings (SSSR count). The lowest BCUT2D eigenvalue weighted by atomic mass is 10.1. The number of unbranched alkanes of at least 4 members (excludes halogenated alkanes) is 2. The van der Waals surface area contributed by atoms with Gasteiger partial charge in [0.05, 0.1) is 0 Å². The molecule has 0 atom stereocenters. The van der Waals surface area contributed by atoms with Gasteiger partial charge in [0.2, 0.25) is 34.2 Å². The lowest BCUT2D eigenvalue weighted by molar-refractivity contribution is 0.834. The summed E-state index contributed by atoms with van der Waals surface area (Å²) in [5.74, 6) is 0. The Bertz CT molecular complexity index is 1550. The van der Waals surface area contributed by atoms with Crippen LogP contribution in [-0.2, 0) is 0 Å². The lowest BCUT2D eigenvalue weighted by Crippen LogP contribution is -2.20. The molecule has 0 unspecified atom stereocenters. The van der Waals surface area contributed by atoms with Crippen LogP contribution in [0.25, 0.3) is 0 Å². The van der Waals surface area contributed by atoms with Crippen LogP contribution in [0.15, 0.2) is 121 Å². The molecule has 1 aliphatic rings. The summed E-state index contributed by atoms with van der Waals surface area (Å²) in [6.45, 7) is 6.41. The smallest absolute Gasteiger partial charge is 0.212 e. The van der Waals surface area contributed by atoms with Gasteiger partial charge >= 0.3 is 0 Å². The molecule has 0 heterocycles. The Hall–Kier alpha value is -5.10. The van der Waals surface area contributed by atoms with Crippen molar-refractivity contribution < 1.29 is 0 Å². The predicted octanol–water partition coefficient (Wildman–Crippen LogP) is 9.57. The monoisotopic (exact) mass is 612 g/mol. The quantitative estimate of drug-likeness (QED) is 0.0651. The molecule has 0 saturated carbocycles. The fraction of sp³-hybridized carbons (Fsp3) is 0.250. The summed E-state index contributed by atoms with van der Waals surface area (Å²) in [5.41, 5.74) is 11.1. The van der Waals surface area contributed by atoms with Crippen molar-refractivity contribution >= 4 is 56.9 Å². The minimum atomic E-state index is 0.985. The second-order valence-corrected chi connectivity index (χ2v) is 11.4. The van der Waals surface area contributed by atoms with Crippen LogP contribution in [0.1, 0.15) is 39.5 Å². The van der Waals surface area contributed by atoms with Crippen LogP contribution in [0.5, 0.6) is 0 Å². The highest BCUT2D eigenvalue weighted by atomic mass is 15.0. The van der Waals surface area contributed by atoms with Crippen LogP contribution in [0.4, 0.5) is 45.5 Å². The fourth-order valence-electron chi connectivity index (χ4n) is 5.48. The maximum atomic E-state index is 3.55. The fourth-order valence-corrected chi connectivity index (χ4v) is 5.48. The van der Waals surface area contributed by atoms with E-state index in [0.717, 1.165) is 82.9 Å². The van der Waals surface area contributed by atoms with E-state index in [-0.39, 0.29) is 0 Å². The van der Waals surface area contributed by atoms with Crippen molar-refractivity contribution in [3.63, 3.8) is 0 Å². The van der Waals surface area contributed by atoms with Gasteiger partial charge in [0, 0.05) is 123 Å². The average Bonchev–Trinajstić information content (AvgIpc) is 3.11. The van der Waals surface area contributed by atoms with Gasteiger partial charge in [-0.15, -0.1) is 0 Å². The Morgan fingerprint density at radius 3 is 0.957 bits per heavy atom. The van der Waals surface area contributed by atoms with Gasteiger partial charge in [-0.25, -0.2) is 0 Å². The van der Waals surface area contributed by atoms with E-state index in [9.17, 15) is 0 Å². The number of hydrogen-bond acceptors (Lipinski definition) is 4. The van der Waals surface area contributed by atoms with Crippen molar-refractivity contribution in [3.05, 3.63) is 121 Å². The van der Waals surface area contributed by atoms with E-state index in [4.69, 9.17) is 0 Å². The SMILES string of the molecule is CCCCNc1ccc([N+](=C2C=CC(=[N+](c3ccc(NC)cc3)c3ccc(NC)cc3)C=C2)c2ccc(NCCCC)cc2)cc1. The van der Waals surface area contributed by atoms with Crippen LogP contribution in [0.2, 0.25) is 0 Å². The Morgan fingerprint density at radius 2 is 0.696 bits per heavy atom. The minimum absolute atomic E-state index is 0.985. The first-order valence-corrected chi connectivity index (χ1v) is 16.6. The lowest BCUT2D eigenvalue weighted by Gasteiger charge is -2.11. The largest absolute Gasteiger partial charge is 0.388 e. The molecule has 0 aliphatic heterocycles. The van der Waals surface area contributed by atoms with Gasteiger partial charge in [0.1, 0.15) is 0 Å². The summed E-state index contributed by atoms with van der Waals surface area (Å²) < 4.78 is 4.61. The van der Waals surface area contributed by atoms with E-state index >= 15 is 0 Å². The molecule has 0 saturated heterocycles. The average molecular weight is 613 g/mol. The number of allylic oxidation sites excluding steroid dienone is 4. The molecular weight excluding hydrogens is 564 g/mol. The van der Waals surface area contributed by atoms with E-state index < -0.39 is 0 Å². The number of anilines is 4. The van der Waals surface area contributed by atoms with Gasteiger partial charge in [0.15, 0.2) is 0 Å². The molecule has 6 nitrogen and oxygen atoms in total. The van der Waals surface area contributed by atoms with Crippen LogP contribution in [0.3, 0.4) is 0 Å². The van der Waals surface area contributed by atoms with Gasteiger partial charge in [-0.05, 0) is 61.4 Å². The Labute approximate surface area is 274 Å². The third-order valence-corrected chi connectivity index (χ3v) is 8.16. The molecule has 46 heavy (non-hydrogen) atoms. The van der Waals surface area contributed by atoms with Crippen molar-refractivity contribution in [2.75, 3.05) is 48.5 Å². The normalized spacial score (nSPS) is 12.2. The Kier molecular flexibility index (Phi) is 11.4. The van der Waals surface area contributed by atoms with Gasteiger partial charge in [0.25, 0.3) is 0 Å². The molecule has 6 heteroatoms. The Balaban J connectivity index is 1.56. The first-order chi connectivity index (χ1) is 22.6. The predicted molar refractivity (Wildman–Crippen MR) is 203 cm³/mol. The molecule has 0 aromatic heterocycles. The zero-order valence-corrected chi connectivity index (χ0v) is 27.7. The number of hydrogen-bond donors (Lipinski definition) is 4. The van der Waals surface area contributed by atoms with E-state index in [0.29, 0.717) is 0 Å². The first kappa shape index (κ1) is 32.3. The number of nitrogens with one attached hydrogen (secondary N) is 4. The van der Waals surface area contributed by atoms with E-state index in [2.05, 4.69) is 166 Å². The molecule has 0 amide bonds. The number of nitrogens with zero attached hydrogens (tertiary/aromatic N) is 2. The van der Waals surface area contributed by atoms with Crippen molar-refractivity contribution in [1.29, 1.82) is 0 Å². The van der Waals surface area contributed by atoms with E-state index in [1.807, 2.05) is 14.1 Å². The summed E-state index contributed by atoms with van der Waals surface area (Å²) in [6, 6.07) is 34.6. The van der Waals surface area contributed by atoms with Crippen molar-refractivity contribution in [3.8, 4) is 0 Å². The van der Waals surface area contributed by atoms with E-state index in [1.165, 1.54) is 12.8 Å². The second-order valence-electron chi connectivity index (χ2n) is 11.4. The third-order valence-electron chi connectivity index (χ3n) is 8.16. The molecule has 0 fully saturated rings. The maximum Gasteiger partial charge on any atom is 0.212 e. The molecule has 4 aromatic carbocycles. The van der Waals surface area contributed by atoms with Gasteiger partial charge in [-0.2, -0.15) is 9.15 Å². The Morgan fingerprint density at radius 1 is 0.413 bits per heavy atom. The summed E-state index contributed by atoms with van der Waals surface area (Å²) in [6.07, 6.45) is 13.5. The van der Waals surface area contributed by atoms with Crippen LogP contribution in [0, 0.1) is 0 Å². The molecule has 1 aliphatic carbocycles. The maximum absolute atomic E-state index is 3.55. The molecule has 4 N–H and O–H groups in total. The topological polar surface area (TPSA) is 54.1 Å². The summed E-state index contributed by atoms with van der Waals surface area (Å²) in [5, 5.41) is 13.6. The molecule has 0 bridgehead atoms. The second kappa shape index (κ2) is 16.3. The standard InChI is InChI=1S/C40H47N6/c1-5-7-29-43-33-13-21-37(22-14-33)46(38-23-15-34(16-24-38)44-30-8-6-2)40-27-25-39(26-28-40)45(35-17-9-31(41-3)10-18-35)36-19-11-32(42-4)12-20-36/h9-28,41-42H,5-8,29-30H2,1-4H3,(H,43,44)/q+1/p+1. The number of benzene rings is 4. The van der Waals surface area contributed by atoms with E-state index in [1.54, 1.807) is 0 Å². The summed E-state index contributed by atoms with van der Waals surface area (Å²) >= 11 is 0. The molecule has 0 spiro atoms. The number of rotatable bonds is 14. The van der Waals surface area contributed by atoms with Gasteiger partial charge < -0.3 is 21.3 Å². The highest BCUT2D eigenvalue weighted by Crippen LogP contribution is 2.28. The molecule has 236 valence electrons. The van der Waals surface area contributed by atoms with Crippen LogP contribution >= 0.6 is 0 Å². The highest BCUT2D eigenvalue weighted by Gasteiger charge is 2.24. The van der Waals surface area contributed by atoms with Crippen LogP contribution in [-0.4, -0.2) is 38.6 Å². The summed E-state index contributed by atoms with van der Waals surface area (Å²) in [4.78, 5) is 0. The zero-order valence-electron chi connectivity index (χ0n) is 27.7. The zero-order chi connectivity index (χ0) is 32.1. The molecule has 4 aromatic rings. The van der Waals surface area contributed by atoms with Gasteiger partial charge in [-0.1, -0.05) is 26.7 Å². The van der Waals surface area contributed by atoms with Crippen molar-refractivity contribution in [2.45, 2.75) is 39.5 Å². The molecule has 0 radical (unpaired) electrons. The molecular formula is C40H48N6+2. The summed E-state index contributed by atoms with van der Waals surface area (Å²) in [7, 11) is 3.89. The van der Waals surface area contributed by atoms with Gasteiger partial charge in [-0.3, -0.25) is 0 Å². The first-order valence-electron chi connectivity index (χ1n) is 16.6. The van der Waals surface area contributed by atoms with Crippen molar-refractivity contribution in [2.24, 2.45) is 0 Å². The van der Waals surface area contributed by atoms with Crippen LogP contribution < -0.4 is 30.4 Å². The third kappa shape index (κ3) is 8.13. The highest BCUT2D eigenvalue weighted by molar-refractivity contribution is 6.20. The minimum Gasteiger partial charge on any atom is -0.388 e.